The van der Waals surface area contributed by atoms with Crippen LogP contribution in [0.1, 0.15) is 13.2 Å². The summed E-state index contributed by atoms with van der Waals surface area (Å²) in [5, 5.41) is 8.88. The van der Waals surface area contributed by atoms with Crippen molar-refractivity contribution in [1.82, 2.24) is 29.1 Å². The van der Waals surface area contributed by atoms with Crippen LogP contribution in [0.3, 0.4) is 0 Å². The van der Waals surface area contributed by atoms with Crippen molar-refractivity contribution in [3.05, 3.63) is 35.4 Å². The fourth-order valence-corrected chi connectivity index (χ4v) is 4.30. The second-order valence-corrected chi connectivity index (χ2v) is 9.96. The molecule has 15 nitrogen and oxygen atoms in total. The van der Waals surface area contributed by atoms with Crippen molar-refractivity contribution < 1.29 is 28.9 Å². The van der Waals surface area contributed by atoms with E-state index < -0.39 is 25.7 Å². The highest BCUT2D eigenvalue weighted by molar-refractivity contribution is 8.00. The number of imidazole rings is 1. The predicted octanol–water partition coefficient (Wildman–Crippen LogP) is -0.645. The minimum atomic E-state index is -4.16. The number of nitrogens with two attached hydrogens (primary N) is 2. The van der Waals surface area contributed by atoms with Gasteiger partial charge in [-0.05, 0) is 13.0 Å². The lowest BCUT2D eigenvalue weighted by molar-refractivity contribution is -0.00629. The summed E-state index contributed by atoms with van der Waals surface area (Å²) in [7, 11) is -4.16. The zero-order valence-corrected chi connectivity index (χ0v) is 19.7. The first-order valence-corrected chi connectivity index (χ1v) is 12.7. The Morgan fingerprint density at radius 3 is 2.76 bits per heavy atom. The molecule has 1 saturated heterocycles. The summed E-state index contributed by atoms with van der Waals surface area (Å²) in [6.45, 7) is 2.00. The summed E-state index contributed by atoms with van der Waals surface area (Å²) in [5.41, 5.74) is 11.4. The number of aliphatic hydroxyl groups is 1. The largest absolute Gasteiger partial charge is 0.393 e. The van der Waals surface area contributed by atoms with Crippen LogP contribution in [0.25, 0.3) is 11.2 Å². The Kier molecular flexibility index (Phi) is 8.59. The fraction of sp³-hybridized carbons (Fsp3) is 0.471. The van der Waals surface area contributed by atoms with Crippen LogP contribution in [0.2, 0.25) is 0 Å². The SMILES string of the molecule is C[C@H](Cn1cnc2c(N)ncnc21)OCP(=O)(O)O.Nc1ccn([C@H]2CS[C@H](CO)O2)c(=O)n1. The first-order valence-electron chi connectivity index (χ1n) is 9.87. The molecule has 0 saturated carbocycles. The molecule has 17 heteroatoms. The molecule has 1 aliphatic rings. The van der Waals surface area contributed by atoms with Crippen molar-refractivity contribution in [2.24, 2.45) is 0 Å². The second kappa shape index (κ2) is 11.2. The van der Waals surface area contributed by atoms with Crippen LogP contribution in [0.15, 0.2) is 29.7 Å². The van der Waals surface area contributed by atoms with Crippen molar-refractivity contribution in [2.75, 3.05) is 30.2 Å². The van der Waals surface area contributed by atoms with Gasteiger partial charge >= 0.3 is 13.3 Å². The lowest BCUT2D eigenvalue weighted by Gasteiger charge is -2.14. The molecule has 0 amide bonds. The van der Waals surface area contributed by atoms with Gasteiger partial charge in [0.25, 0.3) is 0 Å². The molecule has 0 aromatic carbocycles. The minimum absolute atomic E-state index is 0.0572. The highest BCUT2D eigenvalue weighted by atomic mass is 32.2. The van der Waals surface area contributed by atoms with Crippen LogP contribution in [0, 0.1) is 0 Å². The van der Waals surface area contributed by atoms with E-state index in [4.69, 9.17) is 35.8 Å². The number of ether oxygens (including phenoxy) is 2. The number of thioether (sulfide) groups is 1. The van der Waals surface area contributed by atoms with Gasteiger partial charge in [-0.15, -0.1) is 11.8 Å². The molecular weight excluding hydrogens is 491 g/mol. The van der Waals surface area contributed by atoms with E-state index in [1.54, 1.807) is 23.8 Å². The first kappa shape index (κ1) is 26.0. The standard InChI is InChI=1S/C9H14N5O4P.C8H11N3O3S/c1-6(18-5-19(15,16)17)2-14-4-13-7-8(10)11-3-12-9(7)14;9-5-1-2-11(8(13)10-5)6-4-15-7(3-12)14-6/h3-4,6H,2,5H2,1H3,(H2,10,11,12)(H2,15,16,17);1-2,6-7,12H,3-4H2,(H2,9,10,13)/t6-;6-,7-/m11/s1. The monoisotopic (exact) mass is 516 g/mol. The van der Waals surface area contributed by atoms with E-state index in [1.807, 2.05) is 0 Å². The molecule has 7 N–H and O–H groups in total. The average molecular weight is 516 g/mol. The molecule has 3 aromatic rings. The van der Waals surface area contributed by atoms with Gasteiger partial charge in [-0.2, -0.15) is 4.98 Å². The third-order valence-corrected chi connectivity index (χ3v) is 6.05. The average Bonchev–Trinajstić information content (AvgIpc) is 3.41. The number of fused-ring (bicyclic) bond motifs is 1. The molecule has 1 fully saturated rings. The molecule has 3 atom stereocenters. The summed E-state index contributed by atoms with van der Waals surface area (Å²) in [5.74, 6) is 1.10. The lowest BCUT2D eigenvalue weighted by Crippen LogP contribution is -2.28. The molecule has 0 aliphatic carbocycles. The number of hydrogen-bond acceptors (Lipinski definition) is 12. The van der Waals surface area contributed by atoms with Crippen molar-refractivity contribution in [3.63, 3.8) is 0 Å². The van der Waals surface area contributed by atoms with Gasteiger partial charge in [-0.3, -0.25) is 9.13 Å². The number of nitrogens with zero attached hydrogens (tertiary/aromatic N) is 6. The van der Waals surface area contributed by atoms with Gasteiger partial charge in [0, 0.05) is 11.9 Å². The van der Waals surface area contributed by atoms with Crippen molar-refractivity contribution in [1.29, 1.82) is 0 Å². The number of hydrogen-bond donors (Lipinski definition) is 5. The fourth-order valence-electron chi connectivity index (χ4n) is 2.92. The normalized spacial score (nSPS) is 19.1. The zero-order chi connectivity index (χ0) is 24.9. The Hall–Kier alpha value is -2.59. The Bertz CT molecular complexity index is 1220. The van der Waals surface area contributed by atoms with Crippen LogP contribution >= 0.6 is 19.4 Å². The van der Waals surface area contributed by atoms with Gasteiger partial charge in [-0.1, -0.05) is 0 Å². The van der Waals surface area contributed by atoms with E-state index in [9.17, 15) is 9.36 Å². The smallest absolute Gasteiger partial charge is 0.351 e. The molecule has 1 aliphatic heterocycles. The topological polar surface area (TPSA) is 227 Å². The molecule has 4 heterocycles. The van der Waals surface area contributed by atoms with Crippen LogP contribution in [0.4, 0.5) is 11.6 Å². The van der Waals surface area contributed by atoms with Crippen LogP contribution in [-0.4, -0.2) is 74.2 Å². The Labute approximate surface area is 197 Å². The van der Waals surface area contributed by atoms with Crippen molar-refractivity contribution >= 4 is 42.2 Å². The number of aliphatic hydroxyl groups excluding tert-OH is 1. The molecule has 0 spiro atoms. The number of rotatable bonds is 7. The van der Waals surface area contributed by atoms with Gasteiger partial charge in [0.1, 0.15) is 35.7 Å². The van der Waals surface area contributed by atoms with Crippen molar-refractivity contribution in [2.45, 2.75) is 31.2 Å². The Morgan fingerprint density at radius 2 is 2.12 bits per heavy atom. The molecule has 186 valence electrons. The molecule has 34 heavy (non-hydrogen) atoms. The Balaban J connectivity index is 0.000000196. The molecule has 3 aromatic heterocycles. The van der Waals surface area contributed by atoms with E-state index in [2.05, 4.69) is 19.9 Å². The van der Waals surface area contributed by atoms with E-state index in [0.717, 1.165) is 0 Å². The third kappa shape index (κ3) is 6.96. The third-order valence-electron chi connectivity index (χ3n) is 4.45. The minimum Gasteiger partial charge on any atom is -0.393 e. The number of nitrogen functional groups attached to an aromatic ring is 2. The lowest BCUT2D eigenvalue weighted by atomic mass is 10.4. The van der Waals surface area contributed by atoms with Gasteiger partial charge in [0.2, 0.25) is 0 Å². The highest BCUT2D eigenvalue weighted by Gasteiger charge is 2.27. The van der Waals surface area contributed by atoms with E-state index in [0.29, 0.717) is 23.5 Å². The van der Waals surface area contributed by atoms with E-state index in [1.165, 1.54) is 29.0 Å². The van der Waals surface area contributed by atoms with E-state index in [-0.39, 0.29) is 29.9 Å². The predicted molar refractivity (Wildman–Crippen MR) is 124 cm³/mol. The quantitative estimate of drug-likeness (QED) is 0.246. The molecule has 0 bridgehead atoms. The van der Waals surface area contributed by atoms with Gasteiger partial charge in [0.15, 0.2) is 11.5 Å². The van der Waals surface area contributed by atoms with Gasteiger partial charge < -0.3 is 40.4 Å². The molecule has 0 unspecified atom stereocenters. The maximum absolute atomic E-state index is 11.4. The van der Waals surface area contributed by atoms with Crippen LogP contribution in [-0.2, 0) is 20.6 Å². The van der Waals surface area contributed by atoms with E-state index >= 15 is 0 Å². The summed E-state index contributed by atoms with van der Waals surface area (Å²) >= 11 is 1.47. The maximum atomic E-state index is 11.4. The highest BCUT2D eigenvalue weighted by Crippen LogP contribution is 2.34. The van der Waals surface area contributed by atoms with Gasteiger partial charge in [0.05, 0.1) is 25.6 Å². The number of anilines is 2. The second-order valence-electron chi connectivity index (χ2n) is 7.18. The van der Waals surface area contributed by atoms with Crippen LogP contribution in [0.5, 0.6) is 0 Å². The summed E-state index contributed by atoms with van der Waals surface area (Å²) in [6.07, 6.45) is 3.03. The molecule has 4 rings (SSSR count). The zero-order valence-electron chi connectivity index (χ0n) is 18.0. The number of aromatic nitrogens is 6. The summed E-state index contributed by atoms with van der Waals surface area (Å²) < 4.78 is 24.3. The Morgan fingerprint density at radius 1 is 1.35 bits per heavy atom. The summed E-state index contributed by atoms with van der Waals surface area (Å²) in [4.78, 5) is 44.5. The maximum Gasteiger partial charge on any atom is 0.351 e. The first-order chi connectivity index (χ1) is 16.1. The van der Waals surface area contributed by atoms with Gasteiger partial charge in [-0.25, -0.2) is 19.7 Å². The summed E-state index contributed by atoms with van der Waals surface area (Å²) in [6, 6.07) is 1.54. The molecular formula is C17H25N8O7PS. The van der Waals surface area contributed by atoms with Crippen LogP contribution < -0.4 is 17.2 Å². The molecule has 0 radical (unpaired) electrons. The van der Waals surface area contributed by atoms with Crippen molar-refractivity contribution in [3.8, 4) is 0 Å².